The second kappa shape index (κ2) is 5.85. The van der Waals surface area contributed by atoms with Gasteiger partial charge in [0.1, 0.15) is 17.4 Å². The van der Waals surface area contributed by atoms with E-state index in [0.29, 0.717) is 17.9 Å². The number of benzene rings is 1. The van der Waals surface area contributed by atoms with Crippen molar-refractivity contribution < 1.29 is 19.4 Å². The summed E-state index contributed by atoms with van der Waals surface area (Å²) in [6.45, 7) is 3.59. The topological polar surface area (TPSA) is 70.1 Å². The highest BCUT2D eigenvalue weighted by Crippen LogP contribution is 2.35. The lowest BCUT2D eigenvalue weighted by atomic mass is 9.90. The first-order valence-electron chi connectivity index (χ1n) is 7.92. The average molecular weight is 318 g/mol. The number of para-hydroxylation sites is 1. The molecule has 1 aromatic rings. The fraction of sp³-hybridized carbons (Fsp3) is 0.529. The van der Waals surface area contributed by atoms with E-state index in [1.165, 1.54) is 4.90 Å². The summed E-state index contributed by atoms with van der Waals surface area (Å²) in [5, 5.41) is 9.38. The van der Waals surface area contributed by atoms with Gasteiger partial charge in [-0.05, 0) is 26.1 Å². The van der Waals surface area contributed by atoms with Gasteiger partial charge in [-0.1, -0.05) is 12.1 Å². The van der Waals surface area contributed by atoms with E-state index in [1.54, 1.807) is 25.1 Å². The molecule has 2 aliphatic rings. The van der Waals surface area contributed by atoms with Crippen molar-refractivity contribution in [1.29, 1.82) is 0 Å². The number of aliphatic carboxylic acids is 1. The molecule has 2 aliphatic heterocycles. The molecule has 3 rings (SSSR count). The molecule has 124 valence electrons. The standard InChI is InChI=1S/C17H22N2O4/c1-12(16(21)22)19-11-17(7-9-18(2)10-8-17)23-14-6-4-3-5-13(14)15(19)20/h3-6,12H,7-11H2,1-2H3,(H,21,22)/t12-/m0/s1. The summed E-state index contributed by atoms with van der Waals surface area (Å²) in [6.07, 6.45) is 1.54. The molecule has 2 heterocycles. The van der Waals surface area contributed by atoms with Crippen LogP contribution in [0.5, 0.6) is 5.75 Å². The lowest BCUT2D eigenvalue weighted by Crippen LogP contribution is -2.56. The van der Waals surface area contributed by atoms with Crippen molar-refractivity contribution in [1.82, 2.24) is 9.80 Å². The molecule has 1 amide bonds. The number of likely N-dealkylation sites (tertiary alicyclic amines) is 1. The number of carbonyl (C=O) groups is 2. The largest absolute Gasteiger partial charge is 0.484 e. The molecule has 1 spiro atoms. The van der Waals surface area contributed by atoms with E-state index < -0.39 is 17.6 Å². The number of rotatable bonds is 2. The van der Waals surface area contributed by atoms with Gasteiger partial charge in [-0.2, -0.15) is 0 Å². The zero-order chi connectivity index (χ0) is 16.6. The van der Waals surface area contributed by atoms with Gasteiger partial charge in [-0.3, -0.25) is 4.79 Å². The number of hydrogen-bond donors (Lipinski definition) is 1. The van der Waals surface area contributed by atoms with Crippen LogP contribution in [0.3, 0.4) is 0 Å². The third-order valence-electron chi connectivity index (χ3n) is 4.89. The highest BCUT2D eigenvalue weighted by atomic mass is 16.5. The molecular formula is C17H22N2O4. The number of carboxylic acid groups (broad SMARTS) is 1. The van der Waals surface area contributed by atoms with Crippen molar-refractivity contribution in [2.24, 2.45) is 0 Å². The van der Waals surface area contributed by atoms with Crippen LogP contribution in [0, 0.1) is 0 Å². The van der Waals surface area contributed by atoms with E-state index in [0.717, 1.165) is 25.9 Å². The summed E-state index contributed by atoms with van der Waals surface area (Å²) in [7, 11) is 2.06. The molecular weight excluding hydrogens is 296 g/mol. The predicted octanol–water partition coefficient (Wildman–Crippen LogP) is 1.46. The van der Waals surface area contributed by atoms with Gasteiger partial charge in [0.2, 0.25) is 0 Å². The van der Waals surface area contributed by atoms with Gasteiger partial charge >= 0.3 is 5.97 Å². The number of ether oxygens (including phenoxy) is 1. The third kappa shape index (κ3) is 2.91. The number of amides is 1. The van der Waals surface area contributed by atoms with Gasteiger partial charge in [-0.15, -0.1) is 0 Å². The van der Waals surface area contributed by atoms with E-state index in [2.05, 4.69) is 11.9 Å². The van der Waals surface area contributed by atoms with Gasteiger partial charge < -0.3 is 19.6 Å². The van der Waals surface area contributed by atoms with E-state index >= 15 is 0 Å². The minimum atomic E-state index is -0.999. The summed E-state index contributed by atoms with van der Waals surface area (Å²) in [5.41, 5.74) is -0.0743. The first kappa shape index (κ1) is 15.8. The van der Waals surface area contributed by atoms with Gasteiger partial charge in [0.15, 0.2) is 0 Å². The lowest BCUT2D eigenvalue weighted by molar-refractivity contribution is -0.142. The molecule has 0 radical (unpaired) electrons. The molecule has 1 fully saturated rings. The first-order chi connectivity index (χ1) is 10.9. The van der Waals surface area contributed by atoms with Gasteiger partial charge in [-0.25, -0.2) is 4.79 Å². The quantitative estimate of drug-likeness (QED) is 0.894. The molecule has 6 heteroatoms. The van der Waals surface area contributed by atoms with E-state index in [1.807, 2.05) is 6.07 Å². The van der Waals surface area contributed by atoms with Crippen LogP contribution in [0.1, 0.15) is 30.1 Å². The Morgan fingerprint density at radius 1 is 1.30 bits per heavy atom. The number of hydrogen-bond acceptors (Lipinski definition) is 4. The highest BCUT2D eigenvalue weighted by molar-refractivity contribution is 5.99. The fourth-order valence-corrected chi connectivity index (χ4v) is 3.27. The van der Waals surface area contributed by atoms with E-state index in [9.17, 15) is 14.7 Å². The Labute approximate surface area is 135 Å². The van der Waals surface area contributed by atoms with Crippen molar-refractivity contribution in [3.8, 4) is 5.75 Å². The van der Waals surface area contributed by atoms with Gasteiger partial charge in [0, 0.05) is 25.9 Å². The Morgan fingerprint density at radius 3 is 2.61 bits per heavy atom. The molecule has 1 N–H and O–H groups in total. The number of fused-ring (bicyclic) bond motifs is 1. The normalized spacial score (nSPS) is 22.2. The number of carbonyl (C=O) groups excluding carboxylic acids is 1. The minimum Gasteiger partial charge on any atom is -0.484 e. The predicted molar refractivity (Wildman–Crippen MR) is 84.7 cm³/mol. The van der Waals surface area contributed by atoms with Crippen molar-refractivity contribution in [3.63, 3.8) is 0 Å². The summed E-state index contributed by atoms with van der Waals surface area (Å²) in [4.78, 5) is 28.0. The van der Waals surface area contributed by atoms with Crippen LogP contribution in [-0.2, 0) is 4.79 Å². The molecule has 0 aromatic heterocycles. The number of carboxylic acids is 1. The Kier molecular flexibility index (Phi) is 4.02. The summed E-state index contributed by atoms with van der Waals surface area (Å²) in [5.74, 6) is -0.714. The zero-order valence-corrected chi connectivity index (χ0v) is 13.5. The molecule has 1 atom stereocenters. The van der Waals surface area contributed by atoms with Crippen LogP contribution >= 0.6 is 0 Å². The van der Waals surface area contributed by atoms with E-state index in [4.69, 9.17) is 4.74 Å². The second-order valence-corrected chi connectivity index (χ2v) is 6.53. The lowest BCUT2D eigenvalue weighted by Gasteiger charge is -2.42. The monoisotopic (exact) mass is 318 g/mol. The molecule has 0 bridgehead atoms. The Hall–Kier alpha value is -2.08. The molecule has 1 aromatic carbocycles. The smallest absolute Gasteiger partial charge is 0.326 e. The zero-order valence-electron chi connectivity index (χ0n) is 13.5. The molecule has 0 unspecified atom stereocenters. The molecule has 6 nitrogen and oxygen atoms in total. The van der Waals surface area contributed by atoms with Crippen LogP contribution < -0.4 is 4.74 Å². The summed E-state index contributed by atoms with van der Waals surface area (Å²) in [6, 6.07) is 6.23. The van der Waals surface area contributed by atoms with Crippen LogP contribution in [0.4, 0.5) is 0 Å². The van der Waals surface area contributed by atoms with Gasteiger partial charge in [0.25, 0.3) is 5.91 Å². The average Bonchev–Trinajstić information content (AvgIpc) is 2.66. The van der Waals surface area contributed by atoms with Crippen molar-refractivity contribution in [2.45, 2.75) is 31.4 Å². The number of nitrogens with zero attached hydrogens (tertiary/aromatic N) is 2. The van der Waals surface area contributed by atoms with E-state index in [-0.39, 0.29) is 5.91 Å². The second-order valence-electron chi connectivity index (χ2n) is 6.53. The Bertz CT molecular complexity index is 623. The maximum absolute atomic E-state index is 12.8. The van der Waals surface area contributed by atoms with Crippen LogP contribution in [-0.4, -0.2) is 65.1 Å². The third-order valence-corrected chi connectivity index (χ3v) is 4.89. The minimum absolute atomic E-state index is 0.272. The highest BCUT2D eigenvalue weighted by Gasteiger charge is 2.44. The summed E-state index contributed by atoms with van der Waals surface area (Å²) < 4.78 is 6.28. The number of piperidine rings is 1. The van der Waals surface area contributed by atoms with Crippen LogP contribution in [0.25, 0.3) is 0 Å². The maximum Gasteiger partial charge on any atom is 0.326 e. The first-order valence-corrected chi connectivity index (χ1v) is 7.92. The molecule has 0 saturated carbocycles. The molecule has 0 aliphatic carbocycles. The molecule has 1 saturated heterocycles. The molecule has 23 heavy (non-hydrogen) atoms. The Balaban J connectivity index is 2.02. The van der Waals surface area contributed by atoms with Crippen molar-refractivity contribution in [3.05, 3.63) is 29.8 Å². The maximum atomic E-state index is 12.8. The van der Waals surface area contributed by atoms with Crippen LogP contribution in [0.2, 0.25) is 0 Å². The Morgan fingerprint density at radius 2 is 1.96 bits per heavy atom. The van der Waals surface area contributed by atoms with Crippen molar-refractivity contribution in [2.75, 3.05) is 26.7 Å². The van der Waals surface area contributed by atoms with Crippen molar-refractivity contribution >= 4 is 11.9 Å². The SMILES string of the molecule is C[C@@H](C(=O)O)N1CC2(CCN(C)CC2)Oc2ccccc2C1=O. The van der Waals surface area contributed by atoms with Gasteiger partial charge in [0.05, 0.1) is 12.1 Å². The summed E-state index contributed by atoms with van der Waals surface area (Å²) >= 11 is 0. The fourth-order valence-electron chi connectivity index (χ4n) is 3.27. The van der Waals surface area contributed by atoms with Crippen LogP contribution in [0.15, 0.2) is 24.3 Å².